The number of aromatic nitrogens is 1. The average Bonchev–Trinajstić information content (AvgIpc) is 2.98. The third-order valence-electron chi connectivity index (χ3n) is 2.21. The zero-order valence-electron chi connectivity index (χ0n) is 9.96. The fourth-order valence-corrected chi connectivity index (χ4v) is 2.55. The Morgan fingerprint density at radius 2 is 2.40 bits per heavy atom. The molecule has 2 heterocycles. The number of hydrogen-bond acceptors (Lipinski definition) is 7. The van der Waals surface area contributed by atoms with Crippen molar-refractivity contribution in [2.24, 2.45) is 0 Å². The maximum Gasteiger partial charge on any atom is 0.311 e. The lowest BCUT2D eigenvalue weighted by molar-refractivity contribution is -0.386. The van der Waals surface area contributed by atoms with Gasteiger partial charge >= 0.3 is 5.69 Å². The number of nitrogens with one attached hydrogen (secondary N) is 2. The first kappa shape index (κ1) is 14.6. The Morgan fingerprint density at radius 3 is 3.05 bits per heavy atom. The molecule has 0 aliphatic carbocycles. The molecule has 2 aromatic rings. The van der Waals surface area contributed by atoms with E-state index in [1.165, 1.54) is 23.7 Å². The van der Waals surface area contributed by atoms with Gasteiger partial charge in [0.15, 0.2) is 10.9 Å². The van der Waals surface area contributed by atoms with Gasteiger partial charge in [-0.3, -0.25) is 14.9 Å². The second kappa shape index (κ2) is 6.59. The highest BCUT2D eigenvalue weighted by Gasteiger charge is 2.16. The lowest BCUT2D eigenvalue weighted by Crippen LogP contribution is -2.27. The van der Waals surface area contributed by atoms with E-state index >= 15 is 0 Å². The third kappa shape index (κ3) is 3.85. The molecule has 8 nitrogen and oxygen atoms in total. The Balaban J connectivity index is 1.79. The first-order valence-electron chi connectivity index (χ1n) is 5.38. The Kier molecular flexibility index (Phi) is 4.82. The van der Waals surface area contributed by atoms with E-state index in [0.29, 0.717) is 9.73 Å². The molecule has 0 aromatic carbocycles. The molecule has 0 saturated heterocycles. The van der Waals surface area contributed by atoms with Crippen LogP contribution in [0.4, 0.5) is 10.8 Å². The highest BCUT2D eigenvalue weighted by molar-refractivity contribution is 9.10. The Hall–Kier alpha value is -1.78. The van der Waals surface area contributed by atoms with Gasteiger partial charge in [-0.2, -0.15) is 0 Å². The van der Waals surface area contributed by atoms with Gasteiger partial charge in [0, 0.05) is 5.38 Å². The van der Waals surface area contributed by atoms with Gasteiger partial charge in [0.2, 0.25) is 5.91 Å². The monoisotopic (exact) mass is 360 g/mol. The molecule has 1 amide bonds. The van der Waals surface area contributed by atoms with Crippen LogP contribution in [-0.2, 0) is 11.3 Å². The number of carbonyl (C=O) groups excluding carboxylic acids is 1. The fraction of sp³-hybridized carbons (Fsp3) is 0.200. The maximum absolute atomic E-state index is 11.6. The molecule has 0 unspecified atom stereocenters. The molecule has 0 aliphatic rings. The summed E-state index contributed by atoms with van der Waals surface area (Å²) in [5.41, 5.74) is -0.109. The van der Waals surface area contributed by atoms with Crippen LogP contribution in [0.5, 0.6) is 0 Å². The van der Waals surface area contributed by atoms with Crippen molar-refractivity contribution in [3.8, 4) is 0 Å². The topological polar surface area (TPSA) is 110 Å². The predicted molar refractivity (Wildman–Crippen MR) is 75.5 cm³/mol. The highest BCUT2D eigenvalue weighted by atomic mass is 79.9. The SMILES string of the molecule is O=C(CNCc1occc1[N+](=O)[O-])Nc1nc(Br)cs1. The van der Waals surface area contributed by atoms with Gasteiger partial charge in [-0.25, -0.2) is 4.98 Å². The Bertz CT molecular complexity index is 626. The molecule has 106 valence electrons. The molecular weight excluding hydrogens is 352 g/mol. The van der Waals surface area contributed by atoms with Crippen LogP contribution in [0, 0.1) is 10.1 Å². The lowest BCUT2D eigenvalue weighted by atomic mass is 10.4. The van der Waals surface area contributed by atoms with Crippen molar-refractivity contribution >= 4 is 44.0 Å². The molecule has 2 aromatic heterocycles. The Morgan fingerprint density at radius 1 is 1.60 bits per heavy atom. The van der Waals surface area contributed by atoms with E-state index in [2.05, 4.69) is 31.5 Å². The van der Waals surface area contributed by atoms with Crippen molar-refractivity contribution in [3.05, 3.63) is 38.2 Å². The second-order valence-electron chi connectivity index (χ2n) is 3.61. The lowest BCUT2D eigenvalue weighted by Gasteiger charge is -2.02. The summed E-state index contributed by atoms with van der Waals surface area (Å²) < 4.78 is 5.63. The van der Waals surface area contributed by atoms with E-state index in [1.54, 1.807) is 5.38 Å². The summed E-state index contributed by atoms with van der Waals surface area (Å²) in [6.07, 6.45) is 1.24. The van der Waals surface area contributed by atoms with Gasteiger partial charge < -0.3 is 15.1 Å². The van der Waals surface area contributed by atoms with Crippen LogP contribution in [0.25, 0.3) is 0 Å². The van der Waals surface area contributed by atoms with Crippen LogP contribution < -0.4 is 10.6 Å². The van der Waals surface area contributed by atoms with E-state index in [-0.39, 0.29) is 30.4 Å². The molecule has 0 spiro atoms. The third-order valence-corrected chi connectivity index (χ3v) is 3.68. The molecule has 2 rings (SSSR count). The minimum Gasteiger partial charge on any atom is -0.461 e. The van der Waals surface area contributed by atoms with Gasteiger partial charge in [0.05, 0.1) is 30.3 Å². The fourth-order valence-electron chi connectivity index (χ4n) is 1.39. The van der Waals surface area contributed by atoms with E-state index in [4.69, 9.17) is 4.42 Å². The van der Waals surface area contributed by atoms with Crippen LogP contribution in [0.2, 0.25) is 0 Å². The summed E-state index contributed by atoms with van der Waals surface area (Å²) in [6, 6.07) is 1.27. The van der Waals surface area contributed by atoms with Gasteiger partial charge in [-0.1, -0.05) is 0 Å². The van der Waals surface area contributed by atoms with E-state index in [0.717, 1.165) is 0 Å². The minimum atomic E-state index is -0.534. The summed E-state index contributed by atoms with van der Waals surface area (Å²) in [5, 5.41) is 18.2. The molecule has 0 saturated carbocycles. The first-order valence-corrected chi connectivity index (χ1v) is 7.06. The number of halogens is 1. The number of furan rings is 1. The number of anilines is 1. The van der Waals surface area contributed by atoms with E-state index in [9.17, 15) is 14.9 Å². The summed E-state index contributed by atoms with van der Waals surface area (Å²) >= 11 is 4.47. The van der Waals surface area contributed by atoms with Crippen LogP contribution in [0.15, 0.2) is 26.7 Å². The van der Waals surface area contributed by atoms with Crippen molar-refractivity contribution in [1.29, 1.82) is 0 Å². The predicted octanol–water partition coefficient (Wildman–Crippen LogP) is 2.14. The number of amides is 1. The largest absolute Gasteiger partial charge is 0.461 e. The van der Waals surface area contributed by atoms with Crippen LogP contribution in [-0.4, -0.2) is 22.4 Å². The minimum absolute atomic E-state index is 0.00491. The van der Waals surface area contributed by atoms with Gasteiger partial charge in [-0.15, -0.1) is 11.3 Å². The Labute approximate surface area is 125 Å². The van der Waals surface area contributed by atoms with Gasteiger partial charge in [0.25, 0.3) is 0 Å². The summed E-state index contributed by atoms with van der Waals surface area (Å²) in [7, 11) is 0. The number of thiazole rings is 1. The number of hydrogen-bond donors (Lipinski definition) is 2. The zero-order valence-corrected chi connectivity index (χ0v) is 12.4. The molecular formula is C10H9BrN4O4S. The van der Waals surface area contributed by atoms with E-state index < -0.39 is 4.92 Å². The van der Waals surface area contributed by atoms with Crippen molar-refractivity contribution in [3.63, 3.8) is 0 Å². The smallest absolute Gasteiger partial charge is 0.311 e. The molecule has 0 aliphatic heterocycles. The molecule has 2 N–H and O–H groups in total. The second-order valence-corrected chi connectivity index (χ2v) is 5.28. The quantitative estimate of drug-likeness (QED) is 0.603. The summed E-state index contributed by atoms with van der Waals surface area (Å²) in [5.74, 6) is -0.110. The zero-order chi connectivity index (χ0) is 14.5. The van der Waals surface area contributed by atoms with Crippen LogP contribution in [0.3, 0.4) is 0 Å². The molecule has 0 radical (unpaired) electrons. The van der Waals surface area contributed by atoms with Crippen molar-refractivity contribution in [2.45, 2.75) is 6.54 Å². The molecule has 0 atom stereocenters. The number of carbonyl (C=O) groups is 1. The molecule has 0 bridgehead atoms. The normalized spacial score (nSPS) is 10.4. The summed E-state index contributed by atoms with van der Waals surface area (Å²) in [4.78, 5) is 25.7. The molecule has 10 heteroatoms. The van der Waals surface area contributed by atoms with Crippen LogP contribution in [0.1, 0.15) is 5.76 Å². The number of nitro groups is 1. The van der Waals surface area contributed by atoms with Crippen molar-refractivity contribution in [1.82, 2.24) is 10.3 Å². The summed E-state index contributed by atoms with van der Waals surface area (Å²) in [6.45, 7) is 0.0906. The van der Waals surface area contributed by atoms with Crippen LogP contribution >= 0.6 is 27.3 Å². The number of rotatable bonds is 6. The van der Waals surface area contributed by atoms with E-state index in [1.807, 2.05) is 0 Å². The van der Waals surface area contributed by atoms with Gasteiger partial charge in [0.1, 0.15) is 4.60 Å². The highest BCUT2D eigenvalue weighted by Crippen LogP contribution is 2.20. The standard InChI is InChI=1S/C10H9BrN4O4S/c11-8-5-20-10(13-8)14-9(16)4-12-3-7-6(15(17)18)1-2-19-7/h1-2,5,12H,3-4H2,(H,13,14,16). The van der Waals surface area contributed by atoms with Crippen molar-refractivity contribution < 1.29 is 14.1 Å². The van der Waals surface area contributed by atoms with Gasteiger partial charge in [-0.05, 0) is 15.9 Å². The first-order chi connectivity index (χ1) is 9.56. The average molecular weight is 361 g/mol. The van der Waals surface area contributed by atoms with Crippen molar-refractivity contribution in [2.75, 3.05) is 11.9 Å². The number of nitrogens with zero attached hydrogens (tertiary/aromatic N) is 2. The molecule has 0 fully saturated rings. The molecule has 20 heavy (non-hydrogen) atoms. The maximum atomic E-state index is 11.6.